The maximum atomic E-state index is 11.9. The number of anilines is 1. The molecule has 0 aliphatic carbocycles. The lowest BCUT2D eigenvalue weighted by atomic mass is 10.2. The van der Waals surface area contributed by atoms with E-state index in [0.29, 0.717) is 40.8 Å². The Kier molecular flexibility index (Phi) is 8.35. The highest BCUT2D eigenvalue weighted by atomic mass is 16.7. The van der Waals surface area contributed by atoms with Gasteiger partial charge in [-0.2, -0.15) is 5.17 Å². The average molecular weight is 560 g/mol. The van der Waals surface area contributed by atoms with Crippen LogP contribution in [0.5, 0.6) is 11.5 Å². The molecule has 0 fully saturated rings. The molecule has 2 aromatic carbocycles. The van der Waals surface area contributed by atoms with E-state index in [0.717, 1.165) is 17.5 Å². The molecule has 0 bridgehead atoms. The van der Waals surface area contributed by atoms with Crippen LogP contribution in [0.4, 0.5) is 5.69 Å². The first-order valence-electron chi connectivity index (χ1n) is 12.9. The molecule has 0 atom stereocenters. The van der Waals surface area contributed by atoms with Crippen LogP contribution >= 0.6 is 0 Å². The molecule has 11 heteroatoms. The molecule has 0 N–H and O–H groups in total. The van der Waals surface area contributed by atoms with Crippen LogP contribution in [0.15, 0.2) is 81.3 Å². The third-order valence-electron chi connectivity index (χ3n) is 6.19. The fourth-order valence-corrected chi connectivity index (χ4v) is 4.11. The predicted molar refractivity (Wildman–Crippen MR) is 147 cm³/mol. The van der Waals surface area contributed by atoms with Gasteiger partial charge in [0.2, 0.25) is 5.76 Å². The first kappa shape index (κ1) is 27.5. The minimum absolute atomic E-state index is 0.0713. The van der Waals surface area contributed by atoms with Crippen molar-refractivity contribution < 1.29 is 37.5 Å². The molecule has 0 saturated carbocycles. The highest BCUT2D eigenvalue weighted by Gasteiger charge is 2.24. The van der Waals surface area contributed by atoms with Gasteiger partial charge in [0.15, 0.2) is 17.3 Å². The van der Waals surface area contributed by atoms with Crippen molar-refractivity contribution in [3.05, 3.63) is 95.2 Å². The van der Waals surface area contributed by atoms with Crippen LogP contribution in [0.25, 0.3) is 11.7 Å². The van der Waals surface area contributed by atoms with E-state index >= 15 is 0 Å². The van der Waals surface area contributed by atoms with Crippen molar-refractivity contribution in [2.24, 2.45) is 0 Å². The second-order valence-electron chi connectivity index (χ2n) is 8.97. The van der Waals surface area contributed by atoms with E-state index in [1.165, 1.54) is 6.07 Å². The number of carbonyl (C=O) groups is 2. The van der Waals surface area contributed by atoms with Gasteiger partial charge in [0, 0.05) is 5.57 Å². The lowest BCUT2D eigenvalue weighted by Gasteiger charge is -2.29. The first-order chi connectivity index (χ1) is 20.0. The molecule has 4 aromatic rings. The summed E-state index contributed by atoms with van der Waals surface area (Å²) in [5.41, 5.74) is 2.91. The normalized spacial score (nSPS) is 12.8. The van der Waals surface area contributed by atoms with E-state index in [1.54, 1.807) is 44.5 Å². The molecule has 0 unspecified atom stereocenters. The molecule has 0 saturated heterocycles. The van der Waals surface area contributed by atoms with E-state index in [9.17, 15) is 9.59 Å². The van der Waals surface area contributed by atoms with Crippen LogP contribution in [0.2, 0.25) is 0 Å². The fourth-order valence-electron chi connectivity index (χ4n) is 4.11. The third-order valence-corrected chi connectivity index (χ3v) is 6.19. The van der Waals surface area contributed by atoms with Gasteiger partial charge in [-0.15, -0.1) is 0 Å². The Hall–Kier alpha value is -5.03. The number of esters is 1. The van der Waals surface area contributed by atoms with Gasteiger partial charge in [0.1, 0.15) is 31.0 Å². The number of para-hydroxylation sites is 1. The summed E-state index contributed by atoms with van der Waals surface area (Å²) in [6.07, 6.45) is 2.49. The predicted octanol–water partition coefficient (Wildman–Crippen LogP) is 5.26. The molecule has 11 nitrogen and oxygen atoms in total. The second kappa shape index (κ2) is 12.4. The first-order valence-corrected chi connectivity index (χ1v) is 12.9. The summed E-state index contributed by atoms with van der Waals surface area (Å²) in [6.45, 7) is 4.50. The van der Waals surface area contributed by atoms with Gasteiger partial charge in [0.25, 0.3) is 5.89 Å². The Morgan fingerprint density at radius 1 is 1.05 bits per heavy atom. The van der Waals surface area contributed by atoms with Gasteiger partial charge in [-0.05, 0) is 55.8 Å². The number of hydrazine groups is 1. The van der Waals surface area contributed by atoms with Crippen molar-refractivity contribution in [2.45, 2.75) is 27.1 Å². The average Bonchev–Trinajstić information content (AvgIpc) is 3.74. The minimum Gasteiger partial charge on any atom is -0.493 e. The molecule has 41 heavy (non-hydrogen) atoms. The van der Waals surface area contributed by atoms with Crippen LogP contribution in [-0.4, -0.2) is 42.7 Å². The number of aryl methyl sites for hydroxylation is 1. The van der Waals surface area contributed by atoms with Crippen molar-refractivity contribution in [3.63, 3.8) is 0 Å². The largest absolute Gasteiger partial charge is 0.493 e. The zero-order valence-electron chi connectivity index (χ0n) is 22.9. The smallest absolute Gasteiger partial charge is 0.374 e. The van der Waals surface area contributed by atoms with E-state index in [-0.39, 0.29) is 31.5 Å². The summed E-state index contributed by atoms with van der Waals surface area (Å²) < 4.78 is 27.8. The number of aldehydes is 1. The SMILES string of the molecule is CCOC(=O)c1ccc(-c2nc(COc3ccc(CON4C=C(C=O)CN4c4ccccc4)cc3OC)c(C)o2)o1. The number of hydroxylamine groups is 1. The minimum atomic E-state index is -0.553. The summed E-state index contributed by atoms with van der Waals surface area (Å²) in [4.78, 5) is 33.8. The molecule has 0 radical (unpaired) electrons. The zero-order chi connectivity index (χ0) is 28.8. The summed E-state index contributed by atoms with van der Waals surface area (Å²) >= 11 is 0. The van der Waals surface area contributed by atoms with Crippen LogP contribution < -0.4 is 14.5 Å². The number of aromatic nitrogens is 1. The Balaban J connectivity index is 1.23. The van der Waals surface area contributed by atoms with Crippen molar-refractivity contribution >= 4 is 17.9 Å². The van der Waals surface area contributed by atoms with Crippen LogP contribution in [0.1, 0.15) is 34.5 Å². The molecule has 0 amide bonds. The maximum absolute atomic E-state index is 11.9. The van der Waals surface area contributed by atoms with Crippen LogP contribution in [0, 0.1) is 6.92 Å². The summed E-state index contributed by atoms with van der Waals surface area (Å²) in [7, 11) is 1.56. The number of ether oxygens (including phenoxy) is 3. The van der Waals surface area contributed by atoms with Gasteiger partial charge >= 0.3 is 5.97 Å². The van der Waals surface area contributed by atoms with Gasteiger partial charge in [-0.25, -0.2) is 14.6 Å². The Morgan fingerprint density at radius 2 is 1.88 bits per heavy atom. The Morgan fingerprint density at radius 3 is 2.63 bits per heavy atom. The third kappa shape index (κ3) is 6.25. The number of oxazole rings is 1. The van der Waals surface area contributed by atoms with Crippen molar-refractivity contribution in [3.8, 4) is 23.1 Å². The molecule has 1 aliphatic rings. The van der Waals surface area contributed by atoms with Crippen molar-refractivity contribution in [2.75, 3.05) is 25.3 Å². The van der Waals surface area contributed by atoms with E-state index in [4.69, 9.17) is 27.9 Å². The molecular weight excluding hydrogens is 530 g/mol. The number of methoxy groups -OCH3 is 1. The van der Waals surface area contributed by atoms with Gasteiger partial charge < -0.3 is 23.0 Å². The van der Waals surface area contributed by atoms with Gasteiger partial charge in [0.05, 0.1) is 32.1 Å². The topological polar surface area (TPSA) is 117 Å². The monoisotopic (exact) mass is 559 g/mol. The van der Waals surface area contributed by atoms with Crippen LogP contribution in [-0.2, 0) is 27.6 Å². The molecule has 5 rings (SSSR count). The number of hydrogen-bond donors (Lipinski definition) is 0. The molecule has 2 aromatic heterocycles. The summed E-state index contributed by atoms with van der Waals surface area (Å²) in [5, 5.41) is 3.43. The highest BCUT2D eigenvalue weighted by molar-refractivity contribution is 5.86. The summed E-state index contributed by atoms with van der Waals surface area (Å²) in [6, 6.07) is 18.3. The highest BCUT2D eigenvalue weighted by Crippen LogP contribution is 2.31. The molecular formula is C30H29N3O8. The Bertz CT molecular complexity index is 1540. The van der Waals surface area contributed by atoms with Gasteiger partial charge in [-0.3, -0.25) is 9.80 Å². The number of nitrogens with zero attached hydrogens (tertiary/aromatic N) is 3. The quantitative estimate of drug-likeness (QED) is 0.167. The molecule has 1 aliphatic heterocycles. The number of rotatable bonds is 12. The van der Waals surface area contributed by atoms with Crippen LogP contribution in [0.3, 0.4) is 0 Å². The lowest BCUT2D eigenvalue weighted by Crippen LogP contribution is -2.35. The standard InChI is InChI=1S/C30H29N3O8/c1-4-37-30(35)27-13-12-26(41-27)29-31-24(20(2)40-29)19-38-25-11-10-21(14-28(25)36-3)18-39-33-16-22(17-34)15-32(33)23-8-6-5-7-9-23/h5-14,16-17H,4,15,18-19H2,1-3H3. The number of benzene rings is 2. The van der Waals surface area contributed by atoms with E-state index in [1.807, 2.05) is 47.5 Å². The van der Waals surface area contributed by atoms with Crippen molar-refractivity contribution in [1.29, 1.82) is 0 Å². The molecule has 3 heterocycles. The van der Waals surface area contributed by atoms with Gasteiger partial charge in [-0.1, -0.05) is 24.3 Å². The number of carbonyl (C=O) groups excluding carboxylic acids is 2. The zero-order valence-corrected chi connectivity index (χ0v) is 22.9. The second-order valence-corrected chi connectivity index (χ2v) is 8.97. The maximum Gasteiger partial charge on any atom is 0.374 e. The fraction of sp³-hybridized carbons (Fsp3) is 0.233. The lowest BCUT2D eigenvalue weighted by molar-refractivity contribution is -0.133. The number of hydrogen-bond acceptors (Lipinski definition) is 11. The summed E-state index contributed by atoms with van der Waals surface area (Å²) in [5.74, 6) is 1.64. The number of furan rings is 1. The molecule has 0 spiro atoms. The Labute approximate surface area is 236 Å². The van der Waals surface area contributed by atoms with E-state index in [2.05, 4.69) is 4.98 Å². The molecule has 212 valence electrons. The van der Waals surface area contributed by atoms with Crippen molar-refractivity contribution in [1.82, 2.24) is 10.2 Å². The van der Waals surface area contributed by atoms with E-state index < -0.39 is 5.97 Å².